The van der Waals surface area contributed by atoms with E-state index in [0.29, 0.717) is 60.0 Å². The molecular formula is C31H32O7. The highest BCUT2D eigenvalue weighted by atomic mass is 16.5. The van der Waals surface area contributed by atoms with E-state index >= 15 is 0 Å². The maximum Gasteiger partial charge on any atom is 0.343 e. The first-order valence-electron chi connectivity index (χ1n) is 12.5. The number of unbranched alkanes of at least 4 members (excludes halogenated alkanes) is 1. The van der Waals surface area contributed by atoms with Crippen LogP contribution in [0.1, 0.15) is 57.2 Å². The molecule has 7 nitrogen and oxygen atoms in total. The molecule has 3 aromatic carbocycles. The summed E-state index contributed by atoms with van der Waals surface area (Å²) in [6, 6.07) is 17.2. The molecular weight excluding hydrogens is 484 g/mol. The van der Waals surface area contributed by atoms with Crippen molar-refractivity contribution in [2.75, 3.05) is 13.2 Å². The highest BCUT2D eigenvalue weighted by Gasteiger charge is 2.15. The molecule has 0 saturated heterocycles. The highest BCUT2D eigenvalue weighted by Crippen LogP contribution is 2.24. The normalized spacial score (nSPS) is 10.4. The highest BCUT2D eigenvalue weighted by molar-refractivity contribution is 5.93. The van der Waals surface area contributed by atoms with Gasteiger partial charge in [0.05, 0.1) is 24.3 Å². The van der Waals surface area contributed by atoms with Crippen molar-refractivity contribution in [1.29, 1.82) is 0 Å². The Morgan fingerprint density at radius 1 is 0.763 bits per heavy atom. The third-order valence-electron chi connectivity index (χ3n) is 5.77. The molecule has 3 aromatic rings. The lowest BCUT2D eigenvalue weighted by Crippen LogP contribution is -2.12. The van der Waals surface area contributed by atoms with Crippen LogP contribution in [0.15, 0.2) is 73.3 Å². The summed E-state index contributed by atoms with van der Waals surface area (Å²) >= 11 is 0. The lowest BCUT2D eigenvalue weighted by Gasteiger charge is -2.12. The van der Waals surface area contributed by atoms with Crippen molar-refractivity contribution in [3.8, 4) is 17.2 Å². The summed E-state index contributed by atoms with van der Waals surface area (Å²) in [5.74, 6) is 0.0443. The molecule has 0 aromatic heterocycles. The summed E-state index contributed by atoms with van der Waals surface area (Å²) in [6.45, 7) is 9.78. The van der Waals surface area contributed by atoms with E-state index in [1.807, 2.05) is 19.1 Å². The zero-order chi connectivity index (χ0) is 27.5. The Bertz CT molecular complexity index is 1290. The van der Waals surface area contributed by atoms with Gasteiger partial charge >= 0.3 is 17.9 Å². The van der Waals surface area contributed by atoms with Crippen LogP contribution >= 0.6 is 0 Å². The second-order valence-electron chi connectivity index (χ2n) is 8.66. The molecule has 38 heavy (non-hydrogen) atoms. The van der Waals surface area contributed by atoms with Gasteiger partial charge in [0.1, 0.15) is 17.2 Å². The number of aryl methyl sites for hydroxylation is 3. The van der Waals surface area contributed by atoms with E-state index in [-0.39, 0.29) is 0 Å². The Balaban J connectivity index is 1.53. The predicted octanol–water partition coefficient (Wildman–Crippen LogP) is 6.19. The fourth-order valence-corrected chi connectivity index (χ4v) is 3.57. The number of ether oxygens (including phenoxy) is 4. The third kappa shape index (κ3) is 8.06. The predicted molar refractivity (Wildman–Crippen MR) is 144 cm³/mol. The number of hydrogen-bond acceptors (Lipinski definition) is 7. The van der Waals surface area contributed by atoms with Gasteiger partial charge in [-0.25, -0.2) is 14.4 Å². The van der Waals surface area contributed by atoms with Crippen LogP contribution in [-0.2, 0) is 16.0 Å². The largest absolute Gasteiger partial charge is 0.493 e. The van der Waals surface area contributed by atoms with E-state index < -0.39 is 17.9 Å². The summed E-state index contributed by atoms with van der Waals surface area (Å²) in [5.41, 5.74) is 3.32. The molecule has 0 heterocycles. The Kier molecular flexibility index (Phi) is 10.2. The molecule has 0 atom stereocenters. The first kappa shape index (κ1) is 28.2. The van der Waals surface area contributed by atoms with Gasteiger partial charge < -0.3 is 18.9 Å². The van der Waals surface area contributed by atoms with Crippen LogP contribution in [0.5, 0.6) is 17.2 Å². The van der Waals surface area contributed by atoms with Crippen molar-refractivity contribution < 1.29 is 33.3 Å². The van der Waals surface area contributed by atoms with Gasteiger partial charge in [-0.15, -0.1) is 0 Å². The van der Waals surface area contributed by atoms with Gasteiger partial charge in [0.25, 0.3) is 0 Å². The van der Waals surface area contributed by atoms with Crippen LogP contribution in [0, 0.1) is 13.8 Å². The lowest BCUT2D eigenvalue weighted by atomic mass is 10.1. The van der Waals surface area contributed by atoms with Gasteiger partial charge in [-0.05, 0) is 98.3 Å². The van der Waals surface area contributed by atoms with E-state index in [2.05, 4.69) is 13.5 Å². The SMILES string of the molecule is C=CC(=O)OCCCCOc1ccc(C(=O)Oc2ccc(C(=O)Oc3ccc(CC)cc3)cc2C)cc1C. The Hall–Kier alpha value is -4.39. The molecule has 0 saturated carbocycles. The number of hydrogen-bond donors (Lipinski definition) is 0. The zero-order valence-corrected chi connectivity index (χ0v) is 22.0. The minimum atomic E-state index is -0.516. The van der Waals surface area contributed by atoms with E-state index in [1.165, 1.54) is 0 Å². The fourth-order valence-electron chi connectivity index (χ4n) is 3.57. The van der Waals surface area contributed by atoms with Crippen molar-refractivity contribution in [3.63, 3.8) is 0 Å². The third-order valence-corrected chi connectivity index (χ3v) is 5.77. The van der Waals surface area contributed by atoms with E-state index in [9.17, 15) is 14.4 Å². The van der Waals surface area contributed by atoms with Gasteiger partial charge in [0.15, 0.2) is 0 Å². The van der Waals surface area contributed by atoms with E-state index in [1.54, 1.807) is 55.5 Å². The molecule has 0 radical (unpaired) electrons. The molecule has 0 spiro atoms. The number of carbonyl (C=O) groups excluding carboxylic acids is 3. The fraction of sp³-hybridized carbons (Fsp3) is 0.258. The molecule has 3 rings (SSSR count). The van der Waals surface area contributed by atoms with Crippen molar-refractivity contribution in [2.24, 2.45) is 0 Å². The molecule has 0 fully saturated rings. The van der Waals surface area contributed by atoms with Crippen LogP contribution in [0.4, 0.5) is 0 Å². The van der Waals surface area contributed by atoms with Gasteiger partial charge in [-0.2, -0.15) is 0 Å². The van der Waals surface area contributed by atoms with Crippen LogP contribution in [0.2, 0.25) is 0 Å². The molecule has 0 bridgehead atoms. The first-order valence-corrected chi connectivity index (χ1v) is 12.5. The summed E-state index contributed by atoms with van der Waals surface area (Å²) in [6.07, 6.45) is 3.42. The number of carbonyl (C=O) groups is 3. The minimum Gasteiger partial charge on any atom is -0.493 e. The monoisotopic (exact) mass is 516 g/mol. The Morgan fingerprint density at radius 2 is 1.34 bits per heavy atom. The zero-order valence-electron chi connectivity index (χ0n) is 22.0. The lowest BCUT2D eigenvalue weighted by molar-refractivity contribution is -0.137. The molecule has 0 aliphatic rings. The van der Waals surface area contributed by atoms with Crippen LogP contribution in [0.25, 0.3) is 0 Å². The second-order valence-corrected chi connectivity index (χ2v) is 8.66. The second kappa shape index (κ2) is 13.8. The summed E-state index contributed by atoms with van der Waals surface area (Å²) in [5, 5.41) is 0. The maximum atomic E-state index is 12.8. The van der Waals surface area contributed by atoms with Crippen LogP contribution in [-0.4, -0.2) is 31.1 Å². The smallest absolute Gasteiger partial charge is 0.343 e. The number of esters is 3. The number of benzene rings is 3. The minimum absolute atomic E-state index is 0.312. The van der Waals surface area contributed by atoms with Crippen molar-refractivity contribution in [1.82, 2.24) is 0 Å². The van der Waals surface area contributed by atoms with Crippen LogP contribution in [0.3, 0.4) is 0 Å². The van der Waals surface area contributed by atoms with Gasteiger partial charge in [0.2, 0.25) is 0 Å². The molecule has 7 heteroatoms. The van der Waals surface area contributed by atoms with Gasteiger partial charge in [-0.1, -0.05) is 25.6 Å². The first-order chi connectivity index (χ1) is 18.3. The summed E-state index contributed by atoms with van der Waals surface area (Å²) in [4.78, 5) is 36.3. The van der Waals surface area contributed by atoms with Crippen molar-refractivity contribution in [2.45, 2.75) is 40.0 Å². The van der Waals surface area contributed by atoms with E-state index in [4.69, 9.17) is 18.9 Å². The van der Waals surface area contributed by atoms with E-state index in [0.717, 1.165) is 23.6 Å². The van der Waals surface area contributed by atoms with Crippen molar-refractivity contribution >= 4 is 17.9 Å². The standard InChI is InChI=1S/C31H32O7/c1-5-23-9-13-26(14-10-23)37-30(33)24-12-16-28(22(4)20-24)38-31(34)25-11-15-27(21(3)19-25)35-17-7-8-18-36-29(32)6-2/h6,9-16,19-20H,2,5,7-8,17-18H2,1,3-4H3. The molecule has 0 aliphatic heterocycles. The van der Waals surface area contributed by atoms with Crippen molar-refractivity contribution in [3.05, 3.63) is 101 Å². The van der Waals surface area contributed by atoms with Gasteiger partial charge in [-0.3, -0.25) is 0 Å². The molecule has 0 N–H and O–H groups in total. The topological polar surface area (TPSA) is 88.1 Å². The Morgan fingerprint density at radius 3 is 1.92 bits per heavy atom. The van der Waals surface area contributed by atoms with Gasteiger partial charge in [0, 0.05) is 6.08 Å². The molecule has 0 amide bonds. The summed E-state index contributed by atoms with van der Waals surface area (Å²) in [7, 11) is 0. The molecule has 0 unspecified atom stereocenters. The quantitative estimate of drug-likeness (QED) is 0.123. The Labute approximate surface area is 223 Å². The average molecular weight is 517 g/mol. The average Bonchev–Trinajstić information content (AvgIpc) is 2.92. The van der Waals surface area contributed by atoms with Crippen LogP contribution < -0.4 is 14.2 Å². The summed E-state index contributed by atoms with van der Waals surface area (Å²) < 4.78 is 21.7. The maximum absolute atomic E-state index is 12.8. The molecule has 0 aliphatic carbocycles. The molecule has 198 valence electrons. The number of rotatable bonds is 12.